The van der Waals surface area contributed by atoms with Gasteiger partial charge in [-0.15, -0.1) is 0 Å². The highest BCUT2D eigenvalue weighted by molar-refractivity contribution is 5.23. The predicted molar refractivity (Wildman–Crippen MR) is 62.6 cm³/mol. The fourth-order valence-electron chi connectivity index (χ4n) is 1.80. The summed E-state index contributed by atoms with van der Waals surface area (Å²) in [6, 6.07) is 12.7. The van der Waals surface area contributed by atoms with Crippen LogP contribution in [0, 0.1) is 6.92 Å². The van der Waals surface area contributed by atoms with Crippen LogP contribution < -0.4 is 5.73 Å². The van der Waals surface area contributed by atoms with Gasteiger partial charge < -0.3 is 10.3 Å². The Morgan fingerprint density at radius 2 is 2.07 bits per heavy atom. The van der Waals surface area contributed by atoms with Gasteiger partial charge in [0.2, 0.25) is 0 Å². The third-order valence-corrected chi connectivity index (χ3v) is 2.57. The van der Waals surface area contributed by atoms with E-state index in [4.69, 9.17) is 5.73 Å². The molecule has 2 aromatic rings. The van der Waals surface area contributed by atoms with Crippen molar-refractivity contribution in [2.24, 2.45) is 5.73 Å². The van der Waals surface area contributed by atoms with Crippen LogP contribution in [0.5, 0.6) is 0 Å². The van der Waals surface area contributed by atoms with Gasteiger partial charge in [-0.2, -0.15) is 0 Å². The average molecular weight is 200 g/mol. The van der Waals surface area contributed by atoms with Crippen LogP contribution in [0.4, 0.5) is 0 Å². The second-order valence-electron chi connectivity index (χ2n) is 3.82. The molecule has 0 atom stereocenters. The van der Waals surface area contributed by atoms with Gasteiger partial charge in [0.1, 0.15) is 0 Å². The summed E-state index contributed by atoms with van der Waals surface area (Å²) < 4.78 is 2.19. The van der Waals surface area contributed by atoms with Crippen molar-refractivity contribution < 1.29 is 0 Å². The van der Waals surface area contributed by atoms with Crippen molar-refractivity contribution in [1.82, 2.24) is 4.57 Å². The van der Waals surface area contributed by atoms with Crippen LogP contribution in [0.2, 0.25) is 0 Å². The minimum atomic E-state index is 0.596. The van der Waals surface area contributed by atoms with Gasteiger partial charge in [-0.25, -0.2) is 0 Å². The molecule has 0 aliphatic carbocycles. The zero-order valence-electron chi connectivity index (χ0n) is 8.98. The topological polar surface area (TPSA) is 30.9 Å². The first-order valence-electron chi connectivity index (χ1n) is 5.19. The lowest BCUT2D eigenvalue weighted by atomic mass is 10.1. The van der Waals surface area contributed by atoms with E-state index >= 15 is 0 Å². The van der Waals surface area contributed by atoms with E-state index < -0.39 is 0 Å². The normalized spacial score (nSPS) is 10.5. The summed E-state index contributed by atoms with van der Waals surface area (Å²) in [5.74, 6) is 0. The quantitative estimate of drug-likeness (QED) is 0.809. The van der Waals surface area contributed by atoms with Crippen molar-refractivity contribution in [3.63, 3.8) is 0 Å². The van der Waals surface area contributed by atoms with Crippen LogP contribution in [0.15, 0.2) is 42.6 Å². The molecule has 0 spiro atoms. The molecule has 1 aromatic heterocycles. The molecule has 2 heteroatoms. The summed E-state index contributed by atoms with van der Waals surface area (Å²) in [4.78, 5) is 0. The molecule has 0 amide bonds. The summed E-state index contributed by atoms with van der Waals surface area (Å²) in [6.07, 6.45) is 2.07. The summed E-state index contributed by atoms with van der Waals surface area (Å²) in [6.45, 7) is 3.61. The zero-order valence-corrected chi connectivity index (χ0v) is 8.98. The fourth-order valence-corrected chi connectivity index (χ4v) is 1.80. The molecule has 0 saturated heterocycles. The van der Waals surface area contributed by atoms with Crippen molar-refractivity contribution in [1.29, 1.82) is 0 Å². The van der Waals surface area contributed by atoms with Crippen LogP contribution in [-0.4, -0.2) is 4.57 Å². The number of nitrogens with two attached hydrogens (primary N) is 1. The van der Waals surface area contributed by atoms with Crippen molar-refractivity contribution in [3.8, 4) is 0 Å². The average Bonchev–Trinajstić information content (AvgIpc) is 2.65. The molecule has 1 aromatic carbocycles. The number of nitrogens with zero attached hydrogens (tertiary/aromatic N) is 1. The summed E-state index contributed by atoms with van der Waals surface area (Å²) in [7, 11) is 0. The third-order valence-electron chi connectivity index (χ3n) is 2.57. The summed E-state index contributed by atoms with van der Waals surface area (Å²) in [5.41, 5.74) is 9.46. The second kappa shape index (κ2) is 4.32. The highest BCUT2D eigenvalue weighted by Crippen LogP contribution is 2.09. The molecule has 2 nitrogen and oxygen atoms in total. The van der Waals surface area contributed by atoms with Crippen LogP contribution in [0.25, 0.3) is 0 Å². The molecular formula is C13H16N2. The zero-order chi connectivity index (χ0) is 10.7. The number of aryl methyl sites for hydroxylation is 1. The van der Waals surface area contributed by atoms with Crippen LogP contribution >= 0.6 is 0 Å². The van der Waals surface area contributed by atoms with E-state index in [1.54, 1.807) is 0 Å². The molecule has 0 bridgehead atoms. The van der Waals surface area contributed by atoms with E-state index in [2.05, 4.69) is 48.0 Å². The molecule has 2 N–H and O–H groups in total. The van der Waals surface area contributed by atoms with E-state index in [9.17, 15) is 0 Å². The monoisotopic (exact) mass is 200 g/mol. The maximum Gasteiger partial charge on any atom is 0.0473 e. The van der Waals surface area contributed by atoms with Gasteiger partial charge in [-0.3, -0.25) is 0 Å². The van der Waals surface area contributed by atoms with Crippen LogP contribution in [-0.2, 0) is 13.1 Å². The number of hydrogen-bond acceptors (Lipinski definition) is 1. The van der Waals surface area contributed by atoms with Gasteiger partial charge in [0.05, 0.1) is 0 Å². The SMILES string of the molecule is Cc1cccc(Cn2cccc2CN)c1. The van der Waals surface area contributed by atoms with Gasteiger partial charge in [0.25, 0.3) is 0 Å². The maximum absolute atomic E-state index is 5.66. The first-order chi connectivity index (χ1) is 7.29. The number of benzene rings is 1. The number of hydrogen-bond donors (Lipinski definition) is 1. The lowest BCUT2D eigenvalue weighted by Gasteiger charge is -2.08. The Morgan fingerprint density at radius 3 is 2.80 bits per heavy atom. The Balaban J connectivity index is 2.22. The third kappa shape index (κ3) is 2.28. The first kappa shape index (κ1) is 9.99. The summed E-state index contributed by atoms with van der Waals surface area (Å²) >= 11 is 0. The first-order valence-corrected chi connectivity index (χ1v) is 5.19. The Kier molecular flexibility index (Phi) is 2.88. The molecular weight excluding hydrogens is 184 g/mol. The van der Waals surface area contributed by atoms with E-state index in [0.717, 1.165) is 6.54 Å². The minimum Gasteiger partial charge on any atom is -0.346 e. The van der Waals surface area contributed by atoms with Crippen molar-refractivity contribution in [2.45, 2.75) is 20.0 Å². The molecule has 0 unspecified atom stereocenters. The van der Waals surface area contributed by atoms with E-state index in [1.807, 2.05) is 6.07 Å². The van der Waals surface area contributed by atoms with Crippen LogP contribution in [0.3, 0.4) is 0 Å². The standard InChI is InChI=1S/C13H16N2/c1-11-4-2-5-12(8-11)10-15-7-3-6-13(15)9-14/h2-8H,9-10,14H2,1H3. The summed E-state index contributed by atoms with van der Waals surface area (Å²) in [5, 5.41) is 0. The van der Waals surface area contributed by atoms with E-state index in [0.29, 0.717) is 6.54 Å². The second-order valence-corrected chi connectivity index (χ2v) is 3.82. The van der Waals surface area contributed by atoms with Gasteiger partial charge in [-0.05, 0) is 24.6 Å². The van der Waals surface area contributed by atoms with Crippen molar-refractivity contribution in [2.75, 3.05) is 0 Å². The molecule has 0 fully saturated rings. The molecule has 15 heavy (non-hydrogen) atoms. The molecule has 0 radical (unpaired) electrons. The maximum atomic E-state index is 5.66. The Labute approximate surface area is 90.3 Å². The molecule has 0 aliphatic heterocycles. The Hall–Kier alpha value is -1.54. The van der Waals surface area contributed by atoms with Gasteiger partial charge in [0.15, 0.2) is 0 Å². The predicted octanol–water partition coefficient (Wildman–Crippen LogP) is 2.30. The lowest BCUT2D eigenvalue weighted by molar-refractivity contribution is 0.743. The molecule has 0 aliphatic rings. The van der Waals surface area contributed by atoms with Crippen LogP contribution in [0.1, 0.15) is 16.8 Å². The van der Waals surface area contributed by atoms with Gasteiger partial charge in [0, 0.05) is 25.0 Å². The highest BCUT2D eigenvalue weighted by atomic mass is 15.0. The van der Waals surface area contributed by atoms with E-state index in [1.165, 1.54) is 16.8 Å². The fraction of sp³-hybridized carbons (Fsp3) is 0.231. The molecule has 78 valence electrons. The molecule has 1 heterocycles. The largest absolute Gasteiger partial charge is 0.346 e. The number of rotatable bonds is 3. The lowest BCUT2D eigenvalue weighted by Crippen LogP contribution is -2.07. The van der Waals surface area contributed by atoms with Gasteiger partial charge in [-0.1, -0.05) is 29.8 Å². The highest BCUT2D eigenvalue weighted by Gasteiger charge is 1.99. The molecule has 0 saturated carbocycles. The molecule has 2 rings (SSSR count). The van der Waals surface area contributed by atoms with E-state index in [-0.39, 0.29) is 0 Å². The Morgan fingerprint density at radius 1 is 1.20 bits per heavy atom. The Bertz CT molecular complexity index is 443. The minimum absolute atomic E-state index is 0.596. The van der Waals surface area contributed by atoms with Crippen molar-refractivity contribution >= 4 is 0 Å². The number of aromatic nitrogens is 1. The smallest absolute Gasteiger partial charge is 0.0473 e. The van der Waals surface area contributed by atoms with Crippen molar-refractivity contribution in [3.05, 3.63) is 59.4 Å². The van der Waals surface area contributed by atoms with Gasteiger partial charge >= 0.3 is 0 Å².